The van der Waals surface area contributed by atoms with Gasteiger partial charge in [0.2, 0.25) is 7.37 Å². The minimum absolute atomic E-state index is 0.149. The summed E-state index contributed by atoms with van der Waals surface area (Å²) < 4.78 is 27.6. The molecule has 20 heavy (non-hydrogen) atoms. The fourth-order valence-electron chi connectivity index (χ4n) is 1.57. The molecule has 0 fully saturated rings. The molecule has 0 rings (SSSR count). The maximum atomic E-state index is 12.4. The van der Waals surface area contributed by atoms with E-state index in [9.17, 15) is 14.2 Å². The number of hydrogen-bond acceptors (Lipinski definition) is 6. The van der Waals surface area contributed by atoms with Gasteiger partial charge in [-0.15, -0.1) is 0 Å². The van der Waals surface area contributed by atoms with Gasteiger partial charge in [0.1, 0.15) is 11.3 Å². The maximum Gasteiger partial charge on any atom is 0.319 e. The molecule has 0 aliphatic heterocycles. The largest absolute Gasteiger partial charge is 0.465 e. The van der Waals surface area contributed by atoms with E-state index in [1.54, 1.807) is 34.6 Å². The lowest BCUT2D eigenvalue weighted by atomic mass is 10.2. The minimum Gasteiger partial charge on any atom is -0.465 e. The van der Waals surface area contributed by atoms with Crippen LogP contribution in [0.4, 0.5) is 0 Å². The van der Waals surface area contributed by atoms with Crippen LogP contribution in [0.1, 0.15) is 41.0 Å². The van der Waals surface area contributed by atoms with Crippen molar-refractivity contribution in [2.45, 2.75) is 52.3 Å². The molecule has 0 aromatic carbocycles. The summed E-state index contributed by atoms with van der Waals surface area (Å²) in [6.45, 7) is 10.2. The Balaban J connectivity index is 5.01. The van der Waals surface area contributed by atoms with E-state index in [1.165, 1.54) is 6.66 Å². The quantitative estimate of drug-likeness (QED) is 0.531. The van der Waals surface area contributed by atoms with Gasteiger partial charge >= 0.3 is 11.9 Å². The predicted molar refractivity (Wildman–Crippen MR) is 76.0 cm³/mol. The average Bonchev–Trinajstić information content (AvgIpc) is 2.23. The Morgan fingerprint density at radius 1 is 1.15 bits per heavy atom. The van der Waals surface area contributed by atoms with Gasteiger partial charge in [-0.1, -0.05) is 0 Å². The molecule has 0 radical (unpaired) electrons. The highest BCUT2D eigenvalue weighted by Gasteiger charge is 2.39. The summed E-state index contributed by atoms with van der Waals surface area (Å²) >= 11 is 0. The summed E-state index contributed by atoms with van der Waals surface area (Å²) in [5.74, 6) is -1.30. The van der Waals surface area contributed by atoms with Gasteiger partial charge in [-0.25, -0.2) is 0 Å². The van der Waals surface area contributed by atoms with Crippen LogP contribution in [0.2, 0.25) is 0 Å². The molecule has 7 heteroatoms. The normalized spacial score (nSPS) is 16.1. The minimum atomic E-state index is -3.28. The standard InChI is InChI=1S/C13H25O6P/c1-7-17-12(15)10(20(6,16)18-8-2)9-11(14)19-13(3,4)5/h10H,7-9H2,1-6H3. The van der Waals surface area contributed by atoms with E-state index in [-0.39, 0.29) is 19.6 Å². The smallest absolute Gasteiger partial charge is 0.319 e. The van der Waals surface area contributed by atoms with Gasteiger partial charge in [0.05, 0.1) is 19.6 Å². The van der Waals surface area contributed by atoms with Crippen LogP contribution in [0.15, 0.2) is 0 Å². The van der Waals surface area contributed by atoms with Crippen LogP contribution in [-0.2, 0) is 28.2 Å². The summed E-state index contributed by atoms with van der Waals surface area (Å²) in [4.78, 5) is 23.7. The zero-order valence-corrected chi connectivity index (χ0v) is 14.0. The Labute approximate surface area is 120 Å². The van der Waals surface area contributed by atoms with E-state index >= 15 is 0 Å². The molecule has 0 aliphatic carbocycles. The monoisotopic (exact) mass is 308 g/mol. The van der Waals surface area contributed by atoms with Crippen molar-refractivity contribution in [3.05, 3.63) is 0 Å². The first-order valence-corrected chi connectivity index (χ1v) is 8.77. The molecule has 0 spiro atoms. The van der Waals surface area contributed by atoms with E-state index in [2.05, 4.69) is 0 Å². The van der Waals surface area contributed by atoms with Gasteiger partial charge in [-0.2, -0.15) is 0 Å². The molecule has 0 amide bonds. The molecule has 2 unspecified atom stereocenters. The topological polar surface area (TPSA) is 78.9 Å². The van der Waals surface area contributed by atoms with Crippen LogP contribution in [-0.4, -0.2) is 43.1 Å². The van der Waals surface area contributed by atoms with Crippen molar-refractivity contribution in [2.24, 2.45) is 0 Å². The molecule has 0 aromatic heterocycles. The molecule has 0 aromatic rings. The summed E-state index contributed by atoms with van der Waals surface area (Å²) in [5.41, 5.74) is -1.79. The van der Waals surface area contributed by atoms with Crippen molar-refractivity contribution in [1.29, 1.82) is 0 Å². The van der Waals surface area contributed by atoms with Crippen molar-refractivity contribution in [3.63, 3.8) is 0 Å². The first-order chi connectivity index (χ1) is 9.03. The van der Waals surface area contributed by atoms with Crippen molar-refractivity contribution < 1.29 is 28.2 Å². The van der Waals surface area contributed by atoms with Crippen molar-refractivity contribution >= 4 is 19.3 Å². The summed E-state index contributed by atoms with van der Waals surface area (Å²) in [5, 5.41) is 0. The summed E-state index contributed by atoms with van der Waals surface area (Å²) in [6, 6.07) is 0. The lowest BCUT2D eigenvalue weighted by Gasteiger charge is -2.24. The van der Waals surface area contributed by atoms with Crippen LogP contribution in [0, 0.1) is 0 Å². The maximum absolute atomic E-state index is 12.4. The van der Waals surface area contributed by atoms with E-state index in [1.807, 2.05) is 0 Å². The molecule has 6 nitrogen and oxygen atoms in total. The first kappa shape index (κ1) is 19.1. The van der Waals surface area contributed by atoms with Crippen LogP contribution in [0.3, 0.4) is 0 Å². The molecule has 2 atom stereocenters. The third-order valence-corrected chi connectivity index (χ3v) is 4.59. The second kappa shape index (κ2) is 7.79. The summed E-state index contributed by atoms with van der Waals surface area (Å²) in [6.07, 6.45) is -0.316. The molecule has 0 N–H and O–H groups in total. The van der Waals surface area contributed by atoms with E-state index in [4.69, 9.17) is 14.0 Å². The molecule has 0 aliphatic rings. The third-order valence-electron chi connectivity index (χ3n) is 2.29. The fourth-order valence-corrected chi connectivity index (χ4v) is 3.20. The predicted octanol–water partition coefficient (Wildman–Crippen LogP) is 2.59. The van der Waals surface area contributed by atoms with Gasteiger partial charge in [0, 0.05) is 6.66 Å². The third kappa shape index (κ3) is 7.06. The SMILES string of the molecule is CCOC(=O)C(CC(=O)OC(C)(C)C)P(C)(=O)OCC. The summed E-state index contributed by atoms with van der Waals surface area (Å²) in [7, 11) is -3.28. The van der Waals surface area contributed by atoms with Gasteiger partial charge in [-0.3, -0.25) is 14.2 Å². The Morgan fingerprint density at radius 3 is 2.10 bits per heavy atom. The Morgan fingerprint density at radius 2 is 1.70 bits per heavy atom. The number of ether oxygens (including phenoxy) is 2. The second-order valence-corrected chi connectivity index (χ2v) is 8.08. The Bertz CT molecular complexity index is 385. The lowest BCUT2D eigenvalue weighted by molar-refractivity contribution is -0.157. The molecular formula is C13H25O6P. The first-order valence-electron chi connectivity index (χ1n) is 6.63. The van der Waals surface area contributed by atoms with Crippen LogP contribution in [0.5, 0.6) is 0 Å². The zero-order chi connectivity index (χ0) is 16.0. The highest BCUT2D eigenvalue weighted by atomic mass is 31.2. The molecular weight excluding hydrogens is 283 g/mol. The number of carbonyl (C=O) groups excluding carboxylic acids is 2. The number of hydrogen-bond donors (Lipinski definition) is 0. The van der Waals surface area contributed by atoms with Crippen molar-refractivity contribution in [1.82, 2.24) is 0 Å². The second-order valence-electron chi connectivity index (χ2n) is 5.38. The van der Waals surface area contributed by atoms with Crippen LogP contribution in [0.25, 0.3) is 0 Å². The Kier molecular flexibility index (Phi) is 7.45. The molecule has 118 valence electrons. The molecule has 0 saturated carbocycles. The Hall–Kier alpha value is -0.870. The number of esters is 2. The van der Waals surface area contributed by atoms with E-state index in [0.29, 0.717) is 0 Å². The van der Waals surface area contributed by atoms with Gasteiger partial charge in [0.15, 0.2) is 0 Å². The van der Waals surface area contributed by atoms with Gasteiger partial charge < -0.3 is 14.0 Å². The van der Waals surface area contributed by atoms with Crippen molar-refractivity contribution in [2.75, 3.05) is 19.9 Å². The number of rotatable bonds is 7. The molecule has 0 saturated heterocycles. The van der Waals surface area contributed by atoms with Gasteiger partial charge in [-0.05, 0) is 34.6 Å². The van der Waals surface area contributed by atoms with E-state index < -0.39 is 30.6 Å². The zero-order valence-electron chi connectivity index (χ0n) is 13.1. The van der Waals surface area contributed by atoms with Crippen molar-refractivity contribution in [3.8, 4) is 0 Å². The van der Waals surface area contributed by atoms with E-state index in [0.717, 1.165) is 0 Å². The lowest BCUT2D eigenvalue weighted by Crippen LogP contribution is -2.31. The van der Waals surface area contributed by atoms with Gasteiger partial charge in [0.25, 0.3) is 0 Å². The molecule has 0 heterocycles. The fraction of sp³-hybridized carbons (Fsp3) is 0.846. The highest BCUT2D eigenvalue weighted by molar-refractivity contribution is 7.60. The van der Waals surface area contributed by atoms with Crippen LogP contribution >= 0.6 is 7.37 Å². The highest BCUT2D eigenvalue weighted by Crippen LogP contribution is 2.50. The number of carbonyl (C=O) groups is 2. The average molecular weight is 308 g/mol. The van der Waals surface area contributed by atoms with Crippen LogP contribution < -0.4 is 0 Å². The molecule has 0 bridgehead atoms.